The molecule has 0 aromatic carbocycles. The molecule has 0 aliphatic heterocycles. The minimum absolute atomic E-state index is 0.0236. The quantitative estimate of drug-likeness (QED) is 0.455. The molecule has 21 heavy (non-hydrogen) atoms. The van der Waals surface area contributed by atoms with Gasteiger partial charge in [-0.3, -0.25) is 9.59 Å². The van der Waals surface area contributed by atoms with Crippen LogP contribution in [0.2, 0.25) is 0 Å². The van der Waals surface area contributed by atoms with E-state index >= 15 is 0 Å². The molecule has 1 unspecified atom stereocenters. The van der Waals surface area contributed by atoms with E-state index in [1.54, 1.807) is 13.8 Å². The Hall–Kier alpha value is -1.21. The van der Waals surface area contributed by atoms with Crippen molar-refractivity contribution in [2.45, 2.75) is 39.3 Å². The maximum Gasteiger partial charge on any atom is 0.245 e. The van der Waals surface area contributed by atoms with Crippen LogP contribution in [0.1, 0.15) is 33.1 Å². The smallest absolute Gasteiger partial charge is 0.245 e. The monoisotopic (exact) mass is 306 g/mol. The van der Waals surface area contributed by atoms with Gasteiger partial charge in [0.05, 0.1) is 13.2 Å². The van der Waals surface area contributed by atoms with Crippen LogP contribution in [-0.4, -0.2) is 56.0 Å². The van der Waals surface area contributed by atoms with E-state index in [-0.39, 0.29) is 30.9 Å². The lowest BCUT2D eigenvalue weighted by molar-refractivity contribution is -0.124. The van der Waals surface area contributed by atoms with Gasteiger partial charge in [0, 0.05) is 19.1 Å². The average molecular weight is 306 g/mol. The summed E-state index contributed by atoms with van der Waals surface area (Å²) in [5.41, 5.74) is 0. The van der Waals surface area contributed by atoms with Crippen molar-refractivity contribution in [2.75, 3.05) is 32.9 Å². The van der Waals surface area contributed by atoms with Crippen molar-refractivity contribution in [2.24, 2.45) is 5.92 Å². The van der Waals surface area contributed by atoms with Crippen LogP contribution in [0.3, 0.4) is 0 Å². The number of aliphatic hydroxyl groups is 1. The van der Waals surface area contributed by atoms with E-state index in [0.29, 0.717) is 13.2 Å². The summed E-state index contributed by atoms with van der Waals surface area (Å²) in [6.45, 7) is 3.93. The van der Waals surface area contributed by atoms with E-state index in [2.05, 4.69) is 10.6 Å². The van der Waals surface area contributed by atoms with Gasteiger partial charge in [0.15, 0.2) is 0 Å². The van der Waals surface area contributed by atoms with Gasteiger partial charge in [0.2, 0.25) is 11.8 Å². The van der Waals surface area contributed by atoms with Crippen molar-refractivity contribution in [3.63, 3.8) is 0 Å². The molecule has 0 fully saturated rings. The first kappa shape index (κ1) is 19.8. The molecule has 0 aliphatic rings. The van der Waals surface area contributed by atoms with Crippen LogP contribution in [0.15, 0.2) is 0 Å². The Balaban J connectivity index is 3.34. The SMILES string of the molecule is CC(C)C(=O)NCC(F)COCCCCCNC(=O)CO. The first-order valence-electron chi connectivity index (χ1n) is 7.34. The summed E-state index contributed by atoms with van der Waals surface area (Å²) in [5.74, 6) is -0.693. The zero-order valence-electron chi connectivity index (χ0n) is 12.9. The summed E-state index contributed by atoms with van der Waals surface area (Å²) in [6, 6.07) is 0. The van der Waals surface area contributed by atoms with Gasteiger partial charge in [-0.1, -0.05) is 13.8 Å². The first-order valence-corrected chi connectivity index (χ1v) is 7.34. The van der Waals surface area contributed by atoms with Crippen LogP contribution in [0.25, 0.3) is 0 Å². The second-order valence-corrected chi connectivity index (χ2v) is 5.14. The third-order valence-corrected chi connectivity index (χ3v) is 2.75. The largest absolute Gasteiger partial charge is 0.387 e. The van der Waals surface area contributed by atoms with Crippen molar-refractivity contribution in [3.05, 3.63) is 0 Å². The fraction of sp³-hybridized carbons (Fsp3) is 0.857. The molecule has 0 saturated heterocycles. The number of hydrogen-bond acceptors (Lipinski definition) is 4. The summed E-state index contributed by atoms with van der Waals surface area (Å²) in [6.07, 6.45) is 1.22. The van der Waals surface area contributed by atoms with Gasteiger partial charge in [-0.05, 0) is 19.3 Å². The average Bonchev–Trinajstić information content (AvgIpc) is 2.46. The molecule has 0 aromatic rings. The normalized spacial score (nSPS) is 12.2. The molecular formula is C14H27FN2O4. The predicted octanol–water partition coefficient (Wildman–Crippen LogP) is 0.392. The van der Waals surface area contributed by atoms with Crippen molar-refractivity contribution >= 4 is 11.8 Å². The topological polar surface area (TPSA) is 87.7 Å². The number of nitrogens with one attached hydrogen (secondary N) is 2. The molecule has 2 amide bonds. The highest BCUT2D eigenvalue weighted by atomic mass is 19.1. The molecule has 1 atom stereocenters. The molecule has 6 nitrogen and oxygen atoms in total. The number of amides is 2. The number of halogens is 1. The second kappa shape index (κ2) is 12.5. The van der Waals surface area contributed by atoms with E-state index < -0.39 is 12.8 Å². The summed E-state index contributed by atoms with van der Waals surface area (Å²) in [7, 11) is 0. The Morgan fingerprint density at radius 2 is 1.90 bits per heavy atom. The lowest BCUT2D eigenvalue weighted by Gasteiger charge is -2.12. The molecule has 0 aromatic heterocycles. The number of unbranched alkanes of at least 4 members (excludes halogenated alkanes) is 2. The standard InChI is InChI=1S/C14H27FN2O4/c1-11(2)14(20)17-8-12(15)10-21-7-5-3-4-6-16-13(19)9-18/h11-12,18H,3-10H2,1-2H3,(H,16,19)(H,17,20). The third-order valence-electron chi connectivity index (χ3n) is 2.75. The predicted molar refractivity (Wildman–Crippen MR) is 77.5 cm³/mol. The van der Waals surface area contributed by atoms with Gasteiger partial charge in [-0.15, -0.1) is 0 Å². The number of carbonyl (C=O) groups is 2. The Morgan fingerprint density at radius 3 is 2.52 bits per heavy atom. The van der Waals surface area contributed by atoms with Gasteiger partial charge >= 0.3 is 0 Å². The molecular weight excluding hydrogens is 279 g/mol. The Kier molecular flexibility index (Phi) is 11.8. The van der Waals surface area contributed by atoms with Crippen LogP contribution >= 0.6 is 0 Å². The minimum Gasteiger partial charge on any atom is -0.387 e. The van der Waals surface area contributed by atoms with Crippen LogP contribution < -0.4 is 10.6 Å². The van der Waals surface area contributed by atoms with Crippen molar-refractivity contribution < 1.29 is 23.8 Å². The molecule has 0 bridgehead atoms. The fourth-order valence-electron chi connectivity index (χ4n) is 1.48. The highest BCUT2D eigenvalue weighted by Gasteiger charge is 2.11. The van der Waals surface area contributed by atoms with Gasteiger partial charge in [-0.25, -0.2) is 4.39 Å². The number of aliphatic hydroxyl groups excluding tert-OH is 1. The maximum atomic E-state index is 13.4. The van der Waals surface area contributed by atoms with Crippen LogP contribution in [0.5, 0.6) is 0 Å². The number of hydrogen-bond donors (Lipinski definition) is 3. The highest BCUT2D eigenvalue weighted by molar-refractivity contribution is 5.77. The van der Waals surface area contributed by atoms with Crippen molar-refractivity contribution in [1.29, 1.82) is 0 Å². The molecule has 7 heteroatoms. The van der Waals surface area contributed by atoms with Crippen LogP contribution in [0, 0.1) is 5.92 Å². The van der Waals surface area contributed by atoms with E-state index in [9.17, 15) is 14.0 Å². The van der Waals surface area contributed by atoms with Gasteiger partial charge in [-0.2, -0.15) is 0 Å². The zero-order valence-corrected chi connectivity index (χ0v) is 12.9. The van der Waals surface area contributed by atoms with Crippen LogP contribution in [0.4, 0.5) is 4.39 Å². The fourth-order valence-corrected chi connectivity index (χ4v) is 1.48. The van der Waals surface area contributed by atoms with E-state index in [4.69, 9.17) is 9.84 Å². The lowest BCUT2D eigenvalue weighted by atomic mass is 10.2. The molecule has 3 N–H and O–H groups in total. The lowest BCUT2D eigenvalue weighted by Crippen LogP contribution is -2.34. The molecule has 0 rings (SSSR count). The zero-order chi connectivity index (χ0) is 16.1. The van der Waals surface area contributed by atoms with Crippen molar-refractivity contribution in [3.8, 4) is 0 Å². The summed E-state index contributed by atoms with van der Waals surface area (Å²) in [4.78, 5) is 21.9. The molecule has 0 radical (unpaired) electrons. The van der Waals surface area contributed by atoms with Gasteiger partial charge < -0.3 is 20.5 Å². The number of carbonyl (C=O) groups excluding carboxylic acids is 2. The molecule has 0 heterocycles. The van der Waals surface area contributed by atoms with E-state index in [1.807, 2.05) is 0 Å². The Bertz CT molecular complexity index is 301. The molecule has 0 aliphatic carbocycles. The second-order valence-electron chi connectivity index (χ2n) is 5.14. The first-order chi connectivity index (χ1) is 9.97. The van der Waals surface area contributed by atoms with E-state index in [1.165, 1.54) is 0 Å². The van der Waals surface area contributed by atoms with Crippen molar-refractivity contribution in [1.82, 2.24) is 10.6 Å². The number of ether oxygens (including phenoxy) is 1. The Labute approximate surface area is 125 Å². The van der Waals surface area contributed by atoms with E-state index in [0.717, 1.165) is 19.3 Å². The summed E-state index contributed by atoms with van der Waals surface area (Å²) < 4.78 is 18.6. The van der Waals surface area contributed by atoms with Gasteiger partial charge in [0.25, 0.3) is 0 Å². The number of rotatable bonds is 12. The molecule has 0 spiro atoms. The Morgan fingerprint density at radius 1 is 1.19 bits per heavy atom. The molecule has 0 saturated carbocycles. The molecule has 124 valence electrons. The summed E-state index contributed by atoms with van der Waals surface area (Å²) in [5, 5.41) is 13.5. The number of alkyl halides is 1. The van der Waals surface area contributed by atoms with Crippen LogP contribution in [-0.2, 0) is 14.3 Å². The van der Waals surface area contributed by atoms with Gasteiger partial charge in [0.1, 0.15) is 12.8 Å². The summed E-state index contributed by atoms with van der Waals surface area (Å²) >= 11 is 0. The minimum atomic E-state index is -1.20. The maximum absolute atomic E-state index is 13.4. The third kappa shape index (κ3) is 12.3. The highest BCUT2D eigenvalue weighted by Crippen LogP contribution is 1.98.